The Kier molecular flexibility index (Phi) is 7.41. The quantitative estimate of drug-likeness (QED) is 0.486. The summed E-state index contributed by atoms with van der Waals surface area (Å²) in [4.78, 5) is 15.4. The van der Waals surface area contributed by atoms with E-state index in [0.29, 0.717) is 6.04 Å². The fourth-order valence-electron chi connectivity index (χ4n) is 0. The van der Waals surface area contributed by atoms with Gasteiger partial charge in [-0.05, 0) is 6.04 Å². The lowest BCUT2D eigenvalue weighted by molar-refractivity contribution is 0.235. The minimum absolute atomic E-state index is 0.333. The Hall–Kier alpha value is 0.0700. The molecule has 0 atom stereocenters. The summed E-state index contributed by atoms with van der Waals surface area (Å²) in [5, 5.41) is 0. The van der Waals surface area contributed by atoms with Gasteiger partial charge in [-0.25, -0.2) is 4.57 Å². The minimum atomic E-state index is -4.15. The highest BCUT2D eigenvalue weighted by molar-refractivity contribution is 7.46. The van der Waals surface area contributed by atoms with Crippen LogP contribution in [0.5, 0.6) is 0 Å². The molecule has 6 heteroatoms. The van der Waals surface area contributed by atoms with E-state index in [-0.39, 0.29) is 0 Å². The van der Waals surface area contributed by atoms with Crippen LogP contribution in [0.2, 0.25) is 0 Å². The number of rotatable bonds is 1. The van der Waals surface area contributed by atoms with E-state index in [9.17, 15) is 4.57 Å². The van der Waals surface area contributed by atoms with Gasteiger partial charge >= 0.3 is 7.82 Å². The van der Waals surface area contributed by atoms with E-state index in [4.69, 9.17) is 15.5 Å². The maximum Gasteiger partial charge on any atom is 0.469 e. The average molecular weight is 171 g/mol. The van der Waals surface area contributed by atoms with Crippen LogP contribution in [0.3, 0.4) is 0 Å². The third-order valence-corrected chi connectivity index (χ3v) is 0.714. The van der Waals surface area contributed by atoms with Gasteiger partial charge < -0.3 is 15.5 Å². The van der Waals surface area contributed by atoms with Gasteiger partial charge in [0.2, 0.25) is 0 Å². The van der Waals surface area contributed by atoms with Crippen LogP contribution < -0.4 is 5.73 Å². The van der Waals surface area contributed by atoms with E-state index in [1.165, 1.54) is 0 Å². The van der Waals surface area contributed by atoms with Crippen LogP contribution in [0, 0.1) is 0 Å². The van der Waals surface area contributed by atoms with Gasteiger partial charge in [0, 0.05) is 7.11 Å². The summed E-state index contributed by atoms with van der Waals surface area (Å²) in [6.07, 6.45) is 0. The molecule has 4 N–H and O–H groups in total. The molecule has 0 saturated heterocycles. The molecule has 0 amide bonds. The number of nitrogens with two attached hydrogens (primary N) is 1. The van der Waals surface area contributed by atoms with Crippen LogP contribution in [0.15, 0.2) is 0 Å². The van der Waals surface area contributed by atoms with E-state index in [1.807, 2.05) is 13.8 Å². The Labute approximate surface area is 60.4 Å². The highest BCUT2D eigenvalue weighted by Gasteiger charge is 2.07. The maximum atomic E-state index is 9.47. The number of phosphoric ester groups is 1. The molecule has 0 heterocycles. The summed E-state index contributed by atoms with van der Waals surface area (Å²) in [6.45, 7) is 3.89. The van der Waals surface area contributed by atoms with Crippen molar-refractivity contribution in [3.05, 3.63) is 0 Å². The van der Waals surface area contributed by atoms with Gasteiger partial charge in [0.25, 0.3) is 0 Å². The van der Waals surface area contributed by atoms with Crippen molar-refractivity contribution >= 4 is 7.82 Å². The highest BCUT2D eigenvalue weighted by Crippen LogP contribution is 2.33. The first-order valence-corrected chi connectivity index (χ1v) is 4.19. The highest BCUT2D eigenvalue weighted by atomic mass is 31.2. The van der Waals surface area contributed by atoms with E-state index in [0.717, 1.165) is 7.11 Å². The Morgan fingerprint density at radius 3 is 1.60 bits per heavy atom. The largest absolute Gasteiger partial charge is 0.469 e. The van der Waals surface area contributed by atoms with Crippen molar-refractivity contribution in [2.75, 3.05) is 7.11 Å². The second kappa shape index (κ2) is 5.82. The summed E-state index contributed by atoms with van der Waals surface area (Å²) < 4.78 is 13.1. The normalized spacial score (nSPS) is 10.7. The predicted molar refractivity (Wildman–Crippen MR) is 38.4 cm³/mol. The number of hydrogen-bond acceptors (Lipinski definition) is 3. The molecule has 0 aromatic carbocycles. The third-order valence-electron chi connectivity index (χ3n) is 0.238. The SMILES string of the molecule is CC(C)N.COP(=O)(O)O. The topological polar surface area (TPSA) is 92.8 Å². The number of hydrogen-bond donors (Lipinski definition) is 3. The standard InChI is InChI=1S/C3H9N.CH5O4P/c1-3(2)4;1-5-6(2,3)4/h3H,4H2,1-2H3;1H3,(H2,2,3,4). The van der Waals surface area contributed by atoms with Gasteiger partial charge in [0.15, 0.2) is 0 Å². The molecule has 0 aromatic heterocycles. The summed E-state index contributed by atoms with van der Waals surface area (Å²) in [5.74, 6) is 0. The first-order chi connectivity index (χ1) is 4.29. The lowest BCUT2D eigenvalue weighted by Crippen LogP contribution is -2.06. The van der Waals surface area contributed by atoms with Crippen molar-refractivity contribution in [2.45, 2.75) is 19.9 Å². The molecule has 0 spiro atoms. The molecule has 0 saturated carbocycles. The van der Waals surface area contributed by atoms with Crippen LogP contribution in [0.4, 0.5) is 0 Å². The number of phosphoric acid groups is 1. The van der Waals surface area contributed by atoms with Crippen molar-refractivity contribution < 1.29 is 18.9 Å². The van der Waals surface area contributed by atoms with Gasteiger partial charge in [-0.2, -0.15) is 0 Å². The molecule has 0 bridgehead atoms. The zero-order valence-corrected chi connectivity index (χ0v) is 7.21. The van der Waals surface area contributed by atoms with Crippen molar-refractivity contribution in [1.82, 2.24) is 0 Å². The van der Waals surface area contributed by atoms with E-state index in [1.54, 1.807) is 0 Å². The zero-order valence-electron chi connectivity index (χ0n) is 6.31. The minimum Gasteiger partial charge on any atom is -0.328 e. The molecule has 0 rings (SSSR count). The molecular formula is C4H14NO4P. The molecule has 0 aliphatic carbocycles. The molecule has 5 nitrogen and oxygen atoms in total. The predicted octanol–water partition coefficient (Wildman–Crippen LogP) is 0.0790. The summed E-state index contributed by atoms with van der Waals surface area (Å²) in [7, 11) is -3.20. The third kappa shape index (κ3) is 42.8. The van der Waals surface area contributed by atoms with E-state index >= 15 is 0 Å². The lowest BCUT2D eigenvalue weighted by atomic mass is 10.5. The maximum absolute atomic E-state index is 9.47. The van der Waals surface area contributed by atoms with Gasteiger partial charge in [0.1, 0.15) is 0 Å². The Morgan fingerprint density at radius 2 is 1.60 bits per heavy atom. The Morgan fingerprint density at radius 1 is 1.50 bits per heavy atom. The van der Waals surface area contributed by atoms with Crippen molar-refractivity contribution in [1.29, 1.82) is 0 Å². The average Bonchev–Trinajstić information content (AvgIpc) is 1.63. The van der Waals surface area contributed by atoms with E-state index < -0.39 is 7.82 Å². The molecule has 0 aromatic rings. The molecular weight excluding hydrogens is 157 g/mol. The second-order valence-corrected chi connectivity index (χ2v) is 3.26. The van der Waals surface area contributed by atoms with Crippen molar-refractivity contribution in [2.24, 2.45) is 5.73 Å². The van der Waals surface area contributed by atoms with Crippen LogP contribution in [-0.2, 0) is 9.09 Å². The Balaban J connectivity index is 0. The van der Waals surface area contributed by atoms with Gasteiger partial charge in [-0.3, -0.25) is 4.52 Å². The van der Waals surface area contributed by atoms with Gasteiger partial charge in [0.05, 0.1) is 0 Å². The molecule has 0 aliphatic heterocycles. The lowest BCUT2D eigenvalue weighted by Gasteiger charge is -1.93. The van der Waals surface area contributed by atoms with Gasteiger partial charge in [-0.1, -0.05) is 13.8 Å². The first-order valence-electron chi connectivity index (χ1n) is 2.66. The molecule has 0 radical (unpaired) electrons. The van der Waals surface area contributed by atoms with Crippen molar-refractivity contribution in [3.8, 4) is 0 Å². The molecule has 10 heavy (non-hydrogen) atoms. The molecule has 64 valence electrons. The summed E-state index contributed by atoms with van der Waals surface area (Å²) >= 11 is 0. The van der Waals surface area contributed by atoms with E-state index in [2.05, 4.69) is 4.52 Å². The zero-order chi connectivity index (χ0) is 8.78. The molecule has 0 aliphatic rings. The summed E-state index contributed by atoms with van der Waals surface area (Å²) in [6, 6.07) is 0.333. The monoisotopic (exact) mass is 171 g/mol. The van der Waals surface area contributed by atoms with Crippen LogP contribution in [0.1, 0.15) is 13.8 Å². The van der Waals surface area contributed by atoms with Crippen LogP contribution in [-0.4, -0.2) is 22.9 Å². The van der Waals surface area contributed by atoms with Gasteiger partial charge in [-0.15, -0.1) is 0 Å². The fourth-order valence-corrected chi connectivity index (χ4v) is 0. The van der Waals surface area contributed by atoms with Crippen LogP contribution in [0.25, 0.3) is 0 Å². The summed E-state index contributed by atoms with van der Waals surface area (Å²) in [5.41, 5.74) is 5.11. The fraction of sp³-hybridized carbons (Fsp3) is 1.00. The molecule has 0 unspecified atom stereocenters. The smallest absolute Gasteiger partial charge is 0.328 e. The molecule has 0 fully saturated rings. The first kappa shape index (κ1) is 12.7. The Bertz CT molecular complexity index is 107. The second-order valence-electron chi connectivity index (χ2n) is 1.92. The van der Waals surface area contributed by atoms with Crippen molar-refractivity contribution in [3.63, 3.8) is 0 Å². The van der Waals surface area contributed by atoms with Crippen LogP contribution >= 0.6 is 7.82 Å².